The Hall–Kier alpha value is -3.36. The maximum Gasteiger partial charge on any atom is 0.420 e. The van der Waals surface area contributed by atoms with Gasteiger partial charge in [-0.05, 0) is 12.1 Å². The summed E-state index contributed by atoms with van der Waals surface area (Å²) in [4.78, 5) is 46.1. The largest absolute Gasteiger partial charge is 0.454 e. The minimum absolute atomic E-state index is 0.190. The van der Waals surface area contributed by atoms with Crippen LogP contribution in [-0.2, 0) is 20.9 Å². The number of esters is 1. The van der Waals surface area contributed by atoms with Crippen LogP contribution < -0.4 is 16.4 Å². The first-order chi connectivity index (χ1) is 11.5. The summed E-state index contributed by atoms with van der Waals surface area (Å²) in [6.07, 6.45) is 1.44. The lowest BCUT2D eigenvalue weighted by Gasteiger charge is -2.06. The predicted molar refractivity (Wildman–Crippen MR) is 83.2 cm³/mol. The third-order valence-electron chi connectivity index (χ3n) is 2.89. The first-order valence-corrected chi connectivity index (χ1v) is 6.94. The molecule has 9 heteroatoms. The summed E-state index contributed by atoms with van der Waals surface area (Å²) >= 11 is 0. The molecule has 126 valence electrons. The highest BCUT2D eigenvalue weighted by molar-refractivity contribution is 5.95. The summed E-state index contributed by atoms with van der Waals surface area (Å²) < 4.78 is 10.8. The minimum Gasteiger partial charge on any atom is -0.454 e. The normalized spacial score (nSPS) is 10.2. The molecular weight excluding hydrogens is 318 g/mol. The van der Waals surface area contributed by atoms with Crippen molar-refractivity contribution in [1.29, 1.82) is 0 Å². The van der Waals surface area contributed by atoms with Crippen molar-refractivity contribution < 1.29 is 23.5 Å². The number of imide groups is 1. The molecule has 0 unspecified atom stereocenters. The van der Waals surface area contributed by atoms with Gasteiger partial charge >= 0.3 is 17.8 Å². The van der Waals surface area contributed by atoms with Gasteiger partial charge in [0.25, 0.3) is 5.91 Å². The number of rotatable bonds is 6. The monoisotopic (exact) mass is 333 g/mol. The molecule has 0 aliphatic rings. The van der Waals surface area contributed by atoms with E-state index in [2.05, 4.69) is 11.9 Å². The van der Waals surface area contributed by atoms with Gasteiger partial charge in [-0.1, -0.05) is 18.2 Å². The Morgan fingerprint density at radius 2 is 2.04 bits per heavy atom. The summed E-state index contributed by atoms with van der Waals surface area (Å²) in [6, 6.07) is 5.86. The van der Waals surface area contributed by atoms with Crippen LogP contribution in [0.2, 0.25) is 0 Å². The molecule has 2 rings (SSSR count). The molecule has 0 atom stereocenters. The predicted octanol–water partition coefficient (Wildman–Crippen LogP) is 0.150. The lowest BCUT2D eigenvalue weighted by molar-refractivity contribution is -0.148. The molecule has 1 heterocycles. The lowest BCUT2D eigenvalue weighted by atomic mass is 10.3. The fourth-order valence-electron chi connectivity index (χ4n) is 1.86. The second kappa shape index (κ2) is 7.77. The average molecular weight is 333 g/mol. The number of para-hydroxylation sites is 2. The summed E-state index contributed by atoms with van der Waals surface area (Å²) in [5.74, 6) is -2.32. The van der Waals surface area contributed by atoms with E-state index >= 15 is 0 Å². The van der Waals surface area contributed by atoms with Crippen LogP contribution in [-0.4, -0.2) is 35.6 Å². The number of aromatic nitrogens is 1. The molecule has 2 N–H and O–H groups in total. The number of hydrogen-bond donors (Lipinski definition) is 2. The molecule has 2 aromatic rings. The molecule has 0 saturated heterocycles. The van der Waals surface area contributed by atoms with Crippen molar-refractivity contribution >= 4 is 29.0 Å². The van der Waals surface area contributed by atoms with Gasteiger partial charge in [-0.2, -0.15) is 0 Å². The Kier molecular flexibility index (Phi) is 5.50. The van der Waals surface area contributed by atoms with Crippen molar-refractivity contribution in [3.05, 3.63) is 47.5 Å². The number of carbonyl (C=O) groups excluding carboxylic acids is 3. The molecular formula is C15H15N3O6. The Bertz CT molecular complexity index is 835. The van der Waals surface area contributed by atoms with E-state index in [0.29, 0.717) is 11.1 Å². The highest BCUT2D eigenvalue weighted by atomic mass is 16.5. The minimum atomic E-state index is -0.815. The second-order valence-corrected chi connectivity index (χ2v) is 4.63. The van der Waals surface area contributed by atoms with Gasteiger partial charge in [0.05, 0.1) is 5.52 Å². The van der Waals surface area contributed by atoms with Gasteiger partial charge in [0.1, 0.15) is 6.54 Å². The third-order valence-corrected chi connectivity index (χ3v) is 2.89. The number of amides is 3. The average Bonchev–Trinajstić information content (AvgIpc) is 2.87. The summed E-state index contributed by atoms with van der Waals surface area (Å²) in [5.41, 5.74) is 0.777. The fraction of sp³-hybridized carbons (Fsp3) is 0.200. The first kappa shape index (κ1) is 17.0. The number of oxazole rings is 1. The number of urea groups is 1. The maximum atomic E-state index is 11.8. The number of hydrogen-bond acceptors (Lipinski definition) is 6. The molecule has 0 aliphatic carbocycles. The van der Waals surface area contributed by atoms with Crippen LogP contribution in [0.5, 0.6) is 0 Å². The van der Waals surface area contributed by atoms with Crippen LogP contribution in [0.15, 0.2) is 46.1 Å². The van der Waals surface area contributed by atoms with Gasteiger partial charge in [-0.25, -0.2) is 9.59 Å². The van der Waals surface area contributed by atoms with E-state index in [1.165, 1.54) is 6.08 Å². The van der Waals surface area contributed by atoms with E-state index in [0.717, 1.165) is 4.57 Å². The van der Waals surface area contributed by atoms with Crippen LogP contribution in [0, 0.1) is 0 Å². The van der Waals surface area contributed by atoms with Crippen LogP contribution in [0.1, 0.15) is 0 Å². The molecule has 3 amide bonds. The van der Waals surface area contributed by atoms with E-state index in [9.17, 15) is 19.2 Å². The molecule has 0 aliphatic heterocycles. The standard InChI is InChI=1S/C15H15N3O6/c1-2-7-16-14(21)17-12(19)9-23-13(20)8-18-10-5-3-4-6-11(10)24-15(18)22/h2-6H,1,7-9H2,(H2,16,17,19,21). The van der Waals surface area contributed by atoms with E-state index < -0.39 is 36.8 Å². The second-order valence-electron chi connectivity index (χ2n) is 4.63. The molecule has 0 radical (unpaired) electrons. The van der Waals surface area contributed by atoms with Crippen molar-refractivity contribution in [1.82, 2.24) is 15.2 Å². The maximum absolute atomic E-state index is 11.8. The van der Waals surface area contributed by atoms with Crippen molar-refractivity contribution in [3.63, 3.8) is 0 Å². The molecule has 24 heavy (non-hydrogen) atoms. The molecule has 1 aromatic heterocycles. The summed E-state index contributed by atoms with van der Waals surface area (Å²) in [7, 11) is 0. The zero-order chi connectivity index (χ0) is 17.5. The summed E-state index contributed by atoms with van der Waals surface area (Å²) in [6.45, 7) is 2.53. The van der Waals surface area contributed by atoms with Gasteiger partial charge < -0.3 is 14.5 Å². The van der Waals surface area contributed by atoms with Gasteiger partial charge in [0.15, 0.2) is 12.2 Å². The lowest BCUT2D eigenvalue weighted by Crippen LogP contribution is -2.41. The highest BCUT2D eigenvalue weighted by Crippen LogP contribution is 2.11. The zero-order valence-corrected chi connectivity index (χ0v) is 12.6. The van der Waals surface area contributed by atoms with Crippen LogP contribution in [0.3, 0.4) is 0 Å². The number of ether oxygens (including phenoxy) is 1. The zero-order valence-electron chi connectivity index (χ0n) is 12.6. The third kappa shape index (κ3) is 4.32. The molecule has 9 nitrogen and oxygen atoms in total. The number of fused-ring (bicyclic) bond motifs is 1. The highest BCUT2D eigenvalue weighted by Gasteiger charge is 2.15. The molecule has 0 saturated carbocycles. The van der Waals surface area contributed by atoms with Crippen molar-refractivity contribution in [2.75, 3.05) is 13.2 Å². The van der Waals surface area contributed by atoms with E-state index in [1.54, 1.807) is 24.3 Å². The van der Waals surface area contributed by atoms with Gasteiger partial charge in [-0.3, -0.25) is 19.5 Å². The molecule has 0 fully saturated rings. The molecule has 1 aromatic carbocycles. The fourth-order valence-corrected chi connectivity index (χ4v) is 1.86. The smallest absolute Gasteiger partial charge is 0.420 e. The SMILES string of the molecule is C=CCNC(=O)NC(=O)COC(=O)Cn1c(=O)oc2ccccc21. The summed E-state index contributed by atoms with van der Waals surface area (Å²) in [5, 5.41) is 4.30. The van der Waals surface area contributed by atoms with Gasteiger partial charge in [-0.15, -0.1) is 6.58 Å². The van der Waals surface area contributed by atoms with Gasteiger partial charge in [0.2, 0.25) is 0 Å². The number of nitrogens with zero attached hydrogens (tertiary/aromatic N) is 1. The van der Waals surface area contributed by atoms with E-state index in [4.69, 9.17) is 9.15 Å². The Balaban J connectivity index is 1.88. The topological polar surface area (TPSA) is 120 Å². The van der Waals surface area contributed by atoms with Crippen molar-refractivity contribution in [2.24, 2.45) is 0 Å². The Labute approximate surface area is 135 Å². The number of carbonyl (C=O) groups is 3. The number of benzene rings is 1. The van der Waals surface area contributed by atoms with Crippen LogP contribution >= 0.6 is 0 Å². The van der Waals surface area contributed by atoms with Crippen LogP contribution in [0.4, 0.5) is 4.79 Å². The van der Waals surface area contributed by atoms with E-state index in [-0.39, 0.29) is 6.54 Å². The Morgan fingerprint density at radius 3 is 2.79 bits per heavy atom. The Morgan fingerprint density at radius 1 is 1.29 bits per heavy atom. The van der Waals surface area contributed by atoms with Crippen molar-refractivity contribution in [3.8, 4) is 0 Å². The molecule has 0 bridgehead atoms. The van der Waals surface area contributed by atoms with Crippen molar-refractivity contribution in [2.45, 2.75) is 6.54 Å². The van der Waals surface area contributed by atoms with Crippen LogP contribution in [0.25, 0.3) is 11.1 Å². The number of nitrogens with one attached hydrogen (secondary N) is 2. The van der Waals surface area contributed by atoms with E-state index in [1.807, 2.05) is 5.32 Å². The first-order valence-electron chi connectivity index (χ1n) is 6.94. The van der Waals surface area contributed by atoms with Gasteiger partial charge in [0, 0.05) is 6.54 Å². The quantitative estimate of drug-likeness (QED) is 0.573. The molecule has 0 spiro atoms.